The fourth-order valence-corrected chi connectivity index (χ4v) is 3.03. The van der Waals surface area contributed by atoms with Gasteiger partial charge in [0.25, 0.3) is 0 Å². The summed E-state index contributed by atoms with van der Waals surface area (Å²) >= 11 is 0. The van der Waals surface area contributed by atoms with Gasteiger partial charge in [-0.05, 0) is 35.4 Å². The topological polar surface area (TPSA) is 123 Å². The molecule has 8 heteroatoms. The normalized spacial score (nSPS) is 10.4. The van der Waals surface area contributed by atoms with Crippen LogP contribution in [0, 0.1) is 0 Å². The lowest BCUT2D eigenvalue weighted by Crippen LogP contribution is -2.04. The number of esters is 1. The molecule has 0 bridgehead atoms. The molecule has 0 fully saturated rings. The number of hydrogen-bond acceptors (Lipinski definition) is 8. The summed E-state index contributed by atoms with van der Waals surface area (Å²) in [6, 6.07) is 10.9. The van der Waals surface area contributed by atoms with Crippen LogP contribution in [-0.4, -0.2) is 37.3 Å². The Labute approximate surface area is 168 Å². The van der Waals surface area contributed by atoms with Crippen molar-refractivity contribution in [1.29, 1.82) is 0 Å². The van der Waals surface area contributed by atoms with Gasteiger partial charge in [0.2, 0.25) is 5.95 Å². The quantitative estimate of drug-likeness (QED) is 0.612. The van der Waals surface area contributed by atoms with Gasteiger partial charge < -0.3 is 25.7 Å². The standard InChI is InChI=1S/C21H22N4O4/c1-27-17-10-12(8-15-11-24-21(23)25-19(15)22)9-16(18(17)28-2)13-4-6-14(7-5-13)20(26)29-3/h4-7,9-11H,8H2,1-3H3,(H4,22,23,24,25). The van der Waals surface area contributed by atoms with Gasteiger partial charge in [-0.3, -0.25) is 0 Å². The molecule has 3 rings (SSSR count). The molecule has 0 saturated heterocycles. The van der Waals surface area contributed by atoms with Gasteiger partial charge in [-0.2, -0.15) is 4.98 Å². The summed E-state index contributed by atoms with van der Waals surface area (Å²) in [5.41, 5.74) is 15.4. The number of aromatic nitrogens is 2. The molecule has 0 aliphatic carbocycles. The monoisotopic (exact) mass is 394 g/mol. The summed E-state index contributed by atoms with van der Waals surface area (Å²) in [6.07, 6.45) is 2.10. The summed E-state index contributed by atoms with van der Waals surface area (Å²) in [6.45, 7) is 0. The van der Waals surface area contributed by atoms with E-state index in [0.717, 1.165) is 22.3 Å². The highest BCUT2D eigenvalue weighted by atomic mass is 16.5. The van der Waals surface area contributed by atoms with Gasteiger partial charge in [0, 0.05) is 23.7 Å². The second-order valence-corrected chi connectivity index (χ2v) is 6.26. The Morgan fingerprint density at radius 3 is 2.34 bits per heavy atom. The summed E-state index contributed by atoms with van der Waals surface area (Å²) in [7, 11) is 4.50. The van der Waals surface area contributed by atoms with E-state index in [-0.39, 0.29) is 5.95 Å². The minimum atomic E-state index is -0.395. The molecule has 0 radical (unpaired) electrons. The van der Waals surface area contributed by atoms with E-state index >= 15 is 0 Å². The molecule has 1 heterocycles. The highest BCUT2D eigenvalue weighted by molar-refractivity contribution is 5.90. The minimum Gasteiger partial charge on any atom is -0.493 e. The van der Waals surface area contributed by atoms with Gasteiger partial charge in [0.1, 0.15) is 5.82 Å². The van der Waals surface area contributed by atoms with E-state index in [0.29, 0.717) is 29.3 Å². The molecular formula is C21H22N4O4. The van der Waals surface area contributed by atoms with E-state index in [1.165, 1.54) is 7.11 Å². The Kier molecular flexibility index (Phi) is 5.82. The molecular weight excluding hydrogens is 372 g/mol. The maximum Gasteiger partial charge on any atom is 0.337 e. The third-order valence-corrected chi connectivity index (χ3v) is 4.47. The number of benzene rings is 2. The average Bonchev–Trinajstić information content (AvgIpc) is 2.74. The van der Waals surface area contributed by atoms with E-state index < -0.39 is 5.97 Å². The zero-order valence-electron chi connectivity index (χ0n) is 16.4. The van der Waals surface area contributed by atoms with Gasteiger partial charge >= 0.3 is 5.97 Å². The first kappa shape index (κ1) is 19.9. The fourth-order valence-electron chi connectivity index (χ4n) is 3.03. The molecule has 0 aliphatic rings. The van der Waals surface area contributed by atoms with Gasteiger partial charge in [-0.15, -0.1) is 0 Å². The zero-order chi connectivity index (χ0) is 21.0. The maximum atomic E-state index is 11.7. The Morgan fingerprint density at radius 1 is 1.03 bits per heavy atom. The molecule has 0 atom stereocenters. The van der Waals surface area contributed by atoms with Crippen LogP contribution in [0.2, 0.25) is 0 Å². The molecule has 0 unspecified atom stereocenters. The van der Waals surface area contributed by atoms with Crippen LogP contribution in [0.25, 0.3) is 11.1 Å². The lowest BCUT2D eigenvalue weighted by atomic mass is 9.97. The molecule has 8 nitrogen and oxygen atoms in total. The lowest BCUT2D eigenvalue weighted by Gasteiger charge is -2.16. The third kappa shape index (κ3) is 4.21. The third-order valence-electron chi connectivity index (χ3n) is 4.47. The second-order valence-electron chi connectivity index (χ2n) is 6.26. The molecule has 0 amide bonds. The van der Waals surface area contributed by atoms with Crippen LogP contribution in [0.3, 0.4) is 0 Å². The molecule has 0 spiro atoms. The van der Waals surface area contributed by atoms with Crippen molar-refractivity contribution in [1.82, 2.24) is 9.97 Å². The molecule has 29 heavy (non-hydrogen) atoms. The van der Waals surface area contributed by atoms with Crippen molar-refractivity contribution in [2.45, 2.75) is 6.42 Å². The van der Waals surface area contributed by atoms with Crippen LogP contribution in [-0.2, 0) is 11.2 Å². The Morgan fingerprint density at radius 2 is 1.76 bits per heavy atom. The lowest BCUT2D eigenvalue weighted by molar-refractivity contribution is 0.0601. The first-order valence-corrected chi connectivity index (χ1v) is 8.77. The van der Waals surface area contributed by atoms with E-state index in [4.69, 9.17) is 25.7 Å². The number of nitrogen functional groups attached to an aromatic ring is 2. The molecule has 2 aromatic carbocycles. The Hall–Kier alpha value is -3.81. The van der Waals surface area contributed by atoms with Crippen molar-refractivity contribution in [2.75, 3.05) is 32.8 Å². The highest BCUT2D eigenvalue weighted by Gasteiger charge is 2.16. The average molecular weight is 394 g/mol. The van der Waals surface area contributed by atoms with E-state index in [9.17, 15) is 4.79 Å². The van der Waals surface area contributed by atoms with Crippen LogP contribution < -0.4 is 20.9 Å². The number of nitrogens with zero attached hydrogens (tertiary/aromatic N) is 2. The molecule has 3 aromatic rings. The van der Waals surface area contributed by atoms with Crippen molar-refractivity contribution in [2.24, 2.45) is 0 Å². The highest BCUT2D eigenvalue weighted by Crippen LogP contribution is 2.40. The van der Waals surface area contributed by atoms with E-state index in [1.54, 1.807) is 32.5 Å². The second kappa shape index (κ2) is 8.47. The number of rotatable bonds is 6. The van der Waals surface area contributed by atoms with Gasteiger partial charge in [0.15, 0.2) is 11.5 Å². The molecule has 4 N–H and O–H groups in total. The molecule has 150 valence electrons. The first-order chi connectivity index (χ1) is 14.0. The maximum absolute atomic E-state index is 11.7. The van der Waals surface area contributed by atoms with Crippen molar-refractivity contribution in [3.05, 3.63) is 59.3 Å². The smallest absolute Gasteiger partial charge is 0.337 e. The first-order valence-electron chi connectivity index (χ1n) is 8.77. The van der Waals surface area contributed by atoms with Crippen molar-refractivity contribution < 1.29 is 19.0 Å². The summed E-state index contributed by atoms with van der Waals surface area (Å²) in [5.74, 6) is 1.23. The van der Waals surface area contributed by atoms with Crippen LogP contribution in [0.15, 0.2) is 42.6 Å². The summed E-state index contributed by atoms with van der Waals surface area (Å²) < 4.78 is 15.9. The van der Waals surface area contributed by atoms with Gasteiger partial charge in [0.05, 0.1) is 26.9 Å². The number of nitrogens with two attached hydrogens (primary N) is 2. The van der Waals surface area contributed by atoms with Gasteiger partial charge in [-0.1, -0.05) is 12.1 Å². The number of carbonyl (C=O) groups excluding carboxylic acids is 1. The van der Waals surface area contributed by atoms with Crippen LogP contribution >= 0.6 is 0 Å². The number of hydrogen-bond donors (Lipinski definition) is 2. The number of carbonyl (C=O) groups is 1. The zero-order valence-corrected chi connectivity index (χ0v) is 16.4. The van der Waals surface area contributed by atoms with Crippen LogP contribution in [0.4, 0.5) is 11.8 Å². The SMILES string of the molecule is COC(=O)c1ccc(-c2cc(Cc3cnc(N)nc3N)cc(OC)c2OC)cc1. The largest absolute Gasteiger partial charge is 0.493 e. The van der Waals surface area contributed by atoms with Crippen molar-refractivity contribution >= 4 is 17.7 Å². The van der Waals surface area contributed by atoms with Crippen molar-refractivity contribution in [3.8, 4) is 22.6 Å². The van der Waals surface area contributed by atoms with Crippen molar-refractivity contribution in [3.63, 3.8) is 0 Å². The summed E-state index contributed by atoms with van der Waals surface area (Å²) in [5, 5.41) is 0. The number of ether oxygens (including phenoxy) is 3. The predicted molar refractivity (Wildman–Crippen MR) is 110 cm³/mol. The summed E-state index contributed by atoms with van der Waals surface area (Å²) in [4.78, 5) is 19.7. The molecule has 1 aromatic heterocycles. The Bertz CT molecular complexity index is 1040. The predicted octanol–water partition coefficient (Wildman–Crippen LogP) is 2.70. The van der Waals surface area contributed by atoms with Crippen LogP contribution in [0.1, 0.15) is 21.5 Å². The molecule has 0 saturated carbocycles. The van der Waals surface area contributed by atoms with Gasteiger partial charge in [-0.25, -0.2) is 9.78 Å². The van der Waals surface area contributed by atoms with Crippen LogP contribution in [0.5, 0.6) is 11.5 Å². The Balaban J connectivity index is 2.05. The fraction of sp³-hybridized carbons (Fsp3) is 0.190. The molecule has 0 aliphatic heterocycles. The van der Waals surface area contributed by atoms with E-state index in [2.05, 4.69) is 9.97 Å². The number of anilines is 2. The minimum absolute atomic E-state index is 0.130. The number of methoxy groups -OCH3 is 3. The van der Waals surface area contributed by atoms with E-state index in [1.807, 2.05) is 24.3 Å².